The number of fused-ring (bicyclic) bond motifs is 3. The van der Waals surface area contributed by atoms with Crippen molar-refractivity contribution in [2.75, 3.05) is 40.4 Å². The number of aliphatic hydroxyl groups excluding tert-OH is 1. The summed E-state index contributed by atoms with van der Waals surface area (Å²) in [5.74, 6) is -0.875. The lowest BCUT2D eigenvalue weighted by Crippen LogP contribution is -2.32. The average molecular weight is 573 g/mol. The fourth-order valence-corrected chi connectivity index (χ4v) is 6.38. The van der Waals surface area contributed by atoms with Crippen molar-refractivity contribution >= 4 is 43.9 Å². The Labute approximate surface area is 230 Å². The molecule has 9 nitrogen and oxygen atoms in total. The van der Waals surface area contributed by atoms with E-state index in [2.05, 4.69) is 14.6 Å². The molecule has 0 bridgehead atoms. The third-order valence-corrected chi connectivity index (χ3v) is 9.18. The first-order chi connectivity index (χ1) is 19.2. The van der Waals surface area contributed by atoms with Gasteiger partial charge < -0.3 is 24.6 Å². The summed E-state index contributed by atoms with van der Waals surface area (Å²) in [4.78, 5) is 15.5. The lowest BCUT2D eigenvalue weighted by atomic mass is 10.0. The Hall–Kier alpha value is -3.48. The fourth-order valence-electron chi connectivity index (χ4n) is 5.55. The van der Waals surface area contributed by atoms with E-state index in [0.29, 0.717) is 23.5 Å². The van der Waals surface area contributed by atoms with E-state index in [1.54, 1.807) is 0 Å². The van der Waals surface area contributed by atoms with Crippen LogP contribution in [0.4, 0.5) is 25.8 Å². The predicted octanol–water partition coefficient (Wildman–Crippen LogP) is 4.44. The first kappa shape index (κ1) is 26.7. The van der Waals surface area contributed by atoms with Gasteiger partial charge in [-0.05, 0) is 67.7 Å². The van der Waals surface area contributed by atoms with Crippen molar-refractivity contribution in [3.63, 3.8) is 0 Å². The number of piperidine rings is 1. The molecule has 12 heteroatoms. The number of aliphatic hydroxyl groups is 1. The minimum Gasteiger partial charge on any atom is -0.395 e. The molecule has 2 fully saturated rings. The van der Waals surface area contributed by atoms with Crippen molar-refractivity contribution in [1.29, 1.82) is 0 Å². The van der Waals surface area contributed by atoms with E-state index >= 15 is 0 Å². The van der Waals surface area contributed by atoms with Crippen LogP contribution in [-0.4, -0.2) is 55.0 Å². The molecule has 2 aliphatic heterocycles. The van der Waals surface area contributed by atoms with E-state index in [0.717, 1.165) is 36.0 Å². The number of hydrogen-bond donors (Lipinski definition) is 3. The van der Waals surface area contributed by atoms with Crippen LogP contribution in [0.2, 0.25) is 0 Å². The highest BCUT2D eigenvalue weighted by Crippen LogP contribution is 2.46. The number of ether oxygens (including phenoxy) is 1. The molecule has 3 aliphatic rings. The van der Waals surface area contributed by atoms with Gasteiger partial charge in [0.15, 0.2) is 0 Å². The largest absolute Gasteiger partial charge is 0.395 e. The van der Waals surface area contributed by atoms with E-state index in [1.807, 2.05) is 29.2 Å². The van der Waals surface area contributed by atoms with E-state index < -0.39 is 34.4 Å². The smallest absolute Gasteiger partial charge is 0.269 e. The summed E-state index contributed by atoms with van der Waals surface area (Å²) in [5, 5.41) is 13.0. The summed E-state index contributed by atoms with van der Waals surface area (Å²) in [6.45, 7) is 1.27. The second-order valence-electron chi connectivity index (χ2n) is 10.6. The zero-order chi connectivity index (χ0) is 28.1. The van der Waals surface area contributed by atoms with E-state index in [-0.39, 0.29) is 42.8 Å². The van der Waals surface area contributed by atoms with Crippen molar-refractivity contribution in [1.82, 2.24) is 4.57 Å². The minimum atomic E-state index is -3.80. The van der Waals surface area contributed by atoms with Gasteiger partial charge in [-0.2, -0.15) is 8.78 Å². The number of aromatic nitrogens is 1. The monoisotopic (exact) mass is 572 g/mol. The number of rotatable bonds is 7. The summed E-state index contributed by atoms with van der Waals surface area (Å²) < 4.78 is 61.6. The van der Waals surface area contributed by atoms with Gasteiger partial charge in [-0.3, -0.25) is 9.52 Å². The summed E-state index contributed by atoms with van der Waals surface area (Å²) in [5.41, 5.74) is 3.66. The van der Waals surface area contributed by atoms with Crippen LogP contribution in [0.1, 0.15) is 41.7 Å². The zero-order valence-electron chi connectivity index (χ0n) is 21.8. The van der Waals surface area contributed by atoms with Gasteiger partial charge in [-0.15, -0.1) is 0 Å². The maximum atomic E-state index is 13.7. The van der Waals surface area contributed by atoms with Gasteiger partial charge in [0.25, 0.3) is 12.0 Å². The van der Waals surface area contributed by atoms with Crippen LogP contribution < -0.4 is 14.9 Å². The molecule has 0 unspecified atom stereocenters. The Bertz CT molecular complexity index is 1620. The van der Waals surface area contributed by atoms with Crippen molar-refractivity contribution in [2.24, 2.45) is 0 Å². The molecule has 1 saturated heterocycles. The number of nitrogens with zero attached hydrogens (tertiary/aromatic N) is 2. The molecule has 1 aliphatic carbocycles. The molecule has 1 spiro atoms. The molecule has 3 aromatic rings. The third-order valence-electron chi connectivity index (χ3n) is 7.91. The molecule has 212 valence electrons. The molecule has 40 heavy (non-hydrogen) atoms. The minimum absolute atomic E-state index is 0.0674. The van der Waals surface area contributed by atoms with Crippen LogP contribution in [0.5, 0.6) is 0 Å². The molecule has 0 atom stereocenters. The number of carbonyl (C=O) groups excluding carboxylic acids is 1. The highest BCUT2D eigenvalue weighted by atomic mass is 32.2. The van der Waals surface area contributed by atoms with Crippen LogP contribution in [0.3, 0.4) is 0 Å². The molecular weight excluding hydrogens is 542 g/mol. The van der Waals surface area contributed by atoms with Crippen LogP contribution in [0.15, 0.2) is 54.1 Å². The highest BCUT2D eigenvalue weighted by molar-refractivity contribution is 7.92. The van der Waals surface area contributed by atoms with E-state index in [9.17, 15) is 22.0 Å². The van der Waals surface area contributed by atoms with E-state index in [1.165, 1.54) is 18.2 Å². The molecule has 1 aromatic heterocycles. The van der Waals surface area contributed by atoms with Gasteiger partial charge in [0.05, 0.1) is 59.3 Å². The lowest BCUT2D eigenvalue weighted by molar-refractivity contribution is -0.0145. The second kappa shape index (κ2) is 10.2. The number of carbonyl (C=O) groups is 1. The van der Waals surface area contributed by atoms with E-state index in [4.69, 9.17) is 9.84 Å². The first-order valence-corrected chi connectivity index (χ1v) is 14.9. The number of anilines is 3. The van der Waals surface area contributed by atoms with Gasteiger partial charge >= 0.3 is 0 Å². The summed E-state index contributed by atoms with van der Waals surface area (Å²) in [6.07, 6.45) is 0.697. The lowest BCUT2D eigenvalue weighted by Gasteiger charge is -2.31. The van der Waals surface area contributed by atoms with Crippen molar-refractivity contribution in [3.8, 4) is 0 Å². The zero-order valence-corrected chi connectivity index (χ0v) is 22.6. The second-order valence-corrected chi connectivity index (χ2v) is 12.5. The Morgan fingerprint density at radius 1 is 1.10 bits per heavy atom. The quantitative estimate of drug-likeness (QED) is 0.386. The molecule has 2 aromatic carbocycles. The maximum absolute atomic E-state index is 13.7. The molecule has 1 saturated carbocycles. The van der Waals surface area contributed by atoms with Gasteiger partial charge in [-0.1, -0.05) is 6.07 Å². The van der Waals surface area contributed by atoms with Crippen molar-refractivity contribution < 1.29 is 31.8 Å². The Morgan fingerprint density at radius 2 is 1.88 bits per heavy atom. The fraction of sp³-hybridized carbons (Fsp3) is 0.393. The standard InChI is InChI=1S/C28H30F2N4O5S/c29-26(30)18-6-10-33(11-7-18)25-14-19(32-40(37,38)13-12-35)4-5-21(25)27(36)31-23-2-1-3-24-22(23)15-20-16-39-28(8-9-28)17-34(20)24/h1-5,14-15,32,35H,6-13,16-17H2,(H,31,36). The van der Waals surface area contributed by atoms with Crippen LogP contribution >= 0.6 is 0 Å². The number of halogens is 2. The van der Waals surface area contributed by atoms with Gasteiger partial charge in [-0.25, -0.2) is 8.42 Å². The molecule has 0 radical (unpaired) electrons. The first-order valence-electron chi connectivity index (χ1n) is 13.3. The van der Waals surface area contributed by atoms with Gasteiger partial charge in [0.1, 0.15) is 0 Å². The highest BCUT2D eigenvalue weighted by Gasteiger charge is 2.47. The number of benzene rings is 2. The van der Waals surface area contributed by atoms with Crippen LogP contribution in [-0.2, 0) is 27.9 Å². The average Bonchev–Trinajstić information content (AvgIpc) is 3.57. The molecular formula is C28H30F2N4O5S. The van der Waals surface area contributed by atoms with Crippen molar-refractivity contribution in [3.05, 3.63) is 65.4 Å². The number of amides is 1. The molecule has 3 heterocycles. The topological polar surface area (TPSA) is 113 Å². The summed E-state index contributed by atoms with van der Waals surface area (Å²) in [7, 11) is -3.80. The molecule has 6 rings (SSSR count). The summed E-state index contributed by atoms with van der Waals surface area (Å²) in [6, 6.07) is 12.3. The van der Waals surface area contributed by atoms with Crippen molar-refractivity contribution in [2.45, 2.75) is 44.4 Å². The third kappa shape index (κ3) is 5.18. The van der Waals surface area contributed by atoms with Gasteiger partial charge in [0.2, 0.25) is 10.0 Å². The Balaban J connectivity index is 1.32. The number of sulfonamides is 1. The maximum Gasteiger partial charge on any atom is 0.269 e. The Kier molecular flexibility index (Phi) is 6.79. The molecule has 3 N–H and O–H groups in total. The van der Waals surface area contributed by atoms with Gasteiger partial charge in [0, 0.05) is 24.2 Å². The Morgan fingerprint density at radius 3 is 2.58 bits per heavy atom. The van der Waals surface area contributed by atoms with Crippen LogP contribution in [0.25, 0.3) is 10.9 Å². The normalized spacial score (nSPS) is 18.1. The number of hydrogen-bond acceptors (Lipinski definition) is 6. The predicted molar refractivity (Wildman–Crippen MR) is 148 cm³/mol. The van der Waals surface area contributed by atoms with Crippen LogP contribution in [0, 0.1) is 0 Å². The number of nitrogens with one attached hydrogen (secondary N) is 2. The SMILES string of the molecule is O=C(Nc1cccc2c1cc1n2CC2(CC2)OC1)c1ccc(NS(=O)(=O)CCO)cc1N1CCC(=C(F)F)CC1. The molecule has 1 amide bonds. The summed E-state index contributed by atoms with van der Waals surface area (Å²) >= 11 is 0.